The SMILES string of the molecule is Cc1ncc(C(=O)NCCN2CCCC2(C)C)cc1Nc1nn(C)c2c1cnn1cc(-c3cn(C)nn3)cc21. The third-order valence-corrected chi connectivity index (χ3v) is 7.68. The number of likely N-dealkylation sites (tertiary alicyclic amines) is 1. The fraction of sp³-hybridized carbons (Fsp3) is 0.407. The zero-order valence-electron chi connectivity index (χ0n) is 22.9. The van der Waals surface area contributed by atoms with E-state index in [9.17, 15) is 4.79 Å². The largest absolute Gasteiger partial charge is 0.351 e. The average Bonchev–Trinajstić information content (AvgIpc) is 3.66. The van der Waals surface area contributed by atoms with Gasteiger partial charge in [-0.3, -0.25) is 24.0 Å². The first kappa shape index (κ1) is 25.0. The summed E-state index contributed by atoms with van der Waals surface area (Å²) in [5.74, 6) is 0.505. The van der Waals surface area contributed by atoms with Crippen LogP contribution in [0.4, 0.5) is 11.5 Å². The number of aromatic nitrogens is 8. The molecule has 1 aliphatic rings. The maximum atomic E-state index is 12.9. The number of hydrogen-bond donors (Lipinski definition) is 2. The van der Waals surface area contributed by atoms with Gasteiger partial charge in [0.1, 0.15) is 5.69 Å². The van der Waals surface area contributed by atoms with Crippen LogP contribution in [0.3, 0.4) is 0 Å². The molecule has 5 aromatic heterocycles. The van der Waals surface area contributed by atoms with E-state index in [4.69, 9.17) is 5.10 Å². The number of nitrogens with zero attached hydrogens (tertiary/aromatic N) is 9. The first-order chi connectivity index (χ1) is 18.7. The fourth-order valence-corrected chi connectivity index (χ4v) is 5.42. The summed E-state index contributed by atoms with van der Waals surface area (Å²) < 4.78 is 5.32. The van der Waals surface area contributed by atoms with Gasteiger partial charge in [0.2, 0.25) is 0 Å². The summed E-state index contributed by atoms with van der Waals surface area (Å²) >= 11 is 0. The molecule has 0 unspecified atom stereocenters. The van der Waals surface area contributed by atoms with E-state index in [-0.39, 0.29) is 11.4 Å². The number of carbonyl (C=O) groups is 1. The van der Waals surface area contributed by atoms with E-state index >= 15 is 0 Å². The number of nitrogens with one attached hydrogen (secondary N) is 2. The number of fused-ring (bicyclic) bond motifs is 3. The molecule has 0 spiro atoms. The zero-order chi connectivity index (χ0) is 27.3. The first-order valence-corrected chi connectivity index (χ1v) is 13.2. The topological polar surface area (TPSA) is 123 Å². The summed E-state index contributed by atoms with van der Waals surface area (Å²) in [6.45, 7) is 8.94. The van der Waals surface area contributed by atoms with Gasteiger partial charge in [-0.2, -0.15) is 10.2 Å². The quantitative estimate of drug-likeness (QED) is 0.331. The summed E-state index contributed by atoms with van der Waals surface area (Å²) in [7, 11) is 3.74. The number of carbonyl (C=O) groups excluding carboxylic acids is 1. The van der Waals surface area contributed by atoms with Crippen molar-refractivity contribution in [3.8, 4) is 11.3 Å². The number of pyridine rings is 1. The van der Waals surface area contributed by atoms with Crippen LogP contribution in [0, 0.1) is 6.92 Å². The fourth-order valence-electron chi connectivity index (χ4n) is 5.42. The predicted molar refractivity (Wildman–Crippen MR) is 149 cm³/mol. The standard InChI is InChI=1S/C27H33N11O/c1-17-21(11-18(13-29-17)26(39)28-8-10-37-9-6-7-27(37,2)3)31-25-20-14-30-38-15-19(22-16-35(4)34-32-22)12-23(38)24(20)36(5)33-25/h11-16H,6-10H2,1-5H3,(H,28,39)(H,31,33). The van der Waals surface area contributed by atoms with Gasteiger partial charge in [-0.25, -0.2) is 4.52 Å². The van der Waals surface area contributed by atoms with E-state index in [1.807, 2.05) is 54.7 Å². The summed E-state index contributed by atoms with van der Waals surface area (Å²) in [4.78, 5) is 19.9. The molecule has 0 atom stereocenters. The number of anilines is 2. The molecular weight excluding hydrogens is 494 g/mol. The lowest BCUT2D eigenvalue weighted by Gasteiger charge is -2.31. The smallest absolute Gasteiger partial charge is 0.252 e. The molecule has 1 saturated heterocycles. The van der Waals surface area contributed by atoms with E-state index in [2.05, 4.69) is 49.8 Å². The summed E-state index contributed by atoms with van der Waals surface area (Å²) in [6, 6.07) is 3.86. The van der Waals surface area contributed by atoms with Crippen molar-refractivity contribution in [1.29, 1.82) is 0 Å². The van der Waals surface area contributed by atoms with Crippen molar-refractivity contribution in [2.45, 2.75) is 39.2 Å². The Labute approximate surface area is 226 Å². The van der Waals surface area contributed by atoms with Crippen LogP contribution in [0.25, 0.3) is 27.7 Å². The third-order valence-electron chi connectivity index (χ3n) is 7.68. The third kappa shape index (κ3) is 4.60. The maximum Gasteiger partial charge on any atom is 0.252 e. The van der Waals surface area contributed by atoms with Gasteiger partial charge in [0, 0.05) is 50.7 Å². The Morgan fingerprint density at radius 1 is 1.15 bits per heavy atom. The molecule has 6 heterocycles. The first-order valence-electron chi connectivity index (χ1n) is 13.2. The van der Waals surface area contributed by atoms with Crippen molar-refractivity contribution in [3.63, 3.8) is 0 Å². The van der Waals surface area contributed by atoms with Gasteiger partial charge < -0.3 is 10.6 Å². The van der Waals surface area contributed by atoms with E-state index < -0.39 is 0 Å². The number of hydrogen-bond acceptors (Lipinski definition) is 8. The molecule has 1 aliphatic heterocycles. The minimum absolute atomic E-state index is 0.137. The average molecular weight is 528 g/mol. The zero-order valence-corrected chi connectivity index (χ0v) is 22.9. The maximum absolute atomic E-state index is 12.9. The van der Waals surface area contributed by atoms with Crippen LogP contribution in [-0.2, 0) is 14.1 Å². The van der Waals surface area contributed by atoms with Crippen LogP contribution < -0.4 is 10.6 Å². The molecule has 12 nitrogen and oxygen atoms in total. The van der Waals surface area contributed by atoms with Crippen molar-refractivity contribution < 1.29 is 4.79 Å². The van der Waals surface area contributed by atoms with Crippen LogP contribution >= 0.6 is 0 Å². The molecule has 0 bridgehead atoms. The second kappa shape index (κ2) is 9.45. The highest BCUT2D eigenvalue weighted by Crippen LogP contribution is 2.31. The molecule has 1 amide bonds. The molecule has 0 radical (unpaired) electrons. The van der Waals surface area contributed by atoms with E-state index in [1.54, 1.807) is 17.1 Å². The Bertz CT molecular complexity index is 1690. The van der Waals surface area contributed by atoms with Gasteiger partial charge in [0.05, 0.1) is 45.8 Å². The Morgan fingerprint density at radius 2 is 2.00 bits per heavy atom. The van der Waals surface area contributed by atoms with Crippen molar-refractivity contribution in [2.24, 2.45) is 14.1 Å². The van der Waals surface area contributed by atoms with E-state index in [0.717, 1.165) is 52.1 Å². The molecule has 0 aromatic carbocycles. The molecule has 6 rings (SSSR count). The highest BCUT2D eigenvalue weighted by Gasteiger charge is 2.31. The Kier molecular flexibility index (Phi) is 6.06. The highest BCUT2D eigenvalue weighted by molar-refractivity contribution is 6.01. The van der Waals surface area contributed by atoms with E-state index in [0.29, 0.717) is 17.9 Å². The van der Waals surface area contributed by atoms with Gasteiger partial charge in [-0.05, 0) is 52.3 Å². The number of rotatable bonds is 7. The van der Waals surface area contributed by atoms with Crippen LogP contribution in [0.15, 0.2) is 36.9 Å². The molecule has 2 N–H and O–H groups in total. The van der Waals surface area contributed by atoms with Crippen molar-refractivity contribution in [1.82, 2.24) is 49.6 Å². The minimum atomic E-state index is -0.137. The molecule has 0 saturated carbocycles. The summed E-state index contributed by atoms with van der Waals surface area (Å²) in [5, 5.41) is 24.9. The molecule has 0 aliphatic carbocycles. The Morgan fingerprint density at radius 3 is 2.74 bits per heavy atom. The second-order valence-electron chi connectivity index (χ2n) is 10.9. The predicted octanol–water partition coefficient (Wildman–Crippen LogP) is 3.07. The molecule has 202 valence electrons. The van der Waals surface area contributed by atoms with Crippen LogP contribution in [-0.4, -0.2) is 75.4 Å². The van der Waals surface area contributed by atoms with Gasteiger partial charge in [-0.1, -0.05) is 5.21 Å². The van der Waals surface area contributed by atoms with Crippen molar-refractivity contribution >= 4 is 33.8 Å². The summed E-state index contributed by atoms with van der Waals surface area (Å²) in [5.41, 5.74) is 5.71. The molecule has 12 heteroatoms. The minimum Gasteiger partial charge on any atom is -0.351 e. The van der Waals surface area contributed by atoms with Gasteiger partial charge >= 0.3 is 0 Å². The van der Waals surface area contributed by atoms with Gasteiger partial charge in [0.15, 0.2) is 5.82 Å². The van der Waals surface area contributed by atoms with E-state index in [1.165, 1.54) is 12.8 Å². The lowest BCUT2D eigenvalue weighted by atomic mass is 10.0. The van der Waals surface area contributed by atoms with Crippen LogP contribution in [0.2, 0.25) is 0 Å². The summed E-state index contributed by atoms with van der Waals surface area (Å²) in [6.07, 6.45) is 9.60. The lowest BCUT2D eigenvalue weighted by Crippen LogP contribution is -2.43. The molecule has 1 fully saturated rings. The number of aryl methyl sites for hydroxylation is 3. The van der Waals surface area contributed by atoms with Gasteiger partial charge in [0.25, 0.3) is 5.91 Å². The normalized spacial score (nSPS) is 15.4. The molecular formula is C27H33N11O. The van der Waals surface area contributed by atoms with Crippen LogP contribution in [0.1, 0.15) is 42.7 Å². The number of amides is 1. The van der Waals surface area contributed by atoms with Crippen LogP contribution in [0.5, 0.6) is 0 Å². The highest BCUT2D eigenvalue weighted by atomic mass is 16.1. The lowest BCUT2D eigenvalue weighted by molar-refractivity contribution is 0.0940. The molecule has 5 aromatic rings. The Balaban J connectivity index is 1.23. The van der Waals surface area contributed by atoms with Gasteiger partial charge in [-0.15, -0.1) is 5.10 Å². The Hall–Kier alpha value is -4.32. The van der Waals surface area contributed by atoms with Crippen molar-refractivity contribution in [3.05, 3.63) is 48.2 Å². The monoisotopic (exact) mass is 527 g/mol. The second-order valence-corrected chi connectivity index (χ2v) is 10.9. The van der Waals surface area contributed by atoms with Crippen molar-refractivity contribution in [2.75, 3.05) is 25.0 Å². The molecule has 39 heavy (non-hydrogen) atoms.